The van der Waals surface area contributed by atoms with E-state index in [0.29, 0.717) is 17.7 Å². The molecule has 0 fully saturated rings. The molecule has 0 unspecified atom stereocenters. The zero-order valence-corrected chi connectivity index (χ0v) is 21.1. The fraction of sp³-hybridized carbons (Fsp3) is 0.310. The third kappa shape index (κ3) is 8.25. The number of carbonyl (C=O) groups is 2. The molecule has 0 radical (unpaired) electrons. The number of benzene rings is 3. The zero-order valence-electron chi connectivity index (χ0n) is 20.3. The second kappa shape index (κ2) is 13.7. The van der Waals surface area contributed by atoms with Crippen molar-refractivity contribution in [3.63, 3.8) is 0 Å². The molecule has 0 saturated carbocycles. The molecule has 0 spiro atoms. The van der Waals surface area contributed by atoms with Crippen molar-refractivity contribution in [3.8, 4) is 0 Å². The first kappa shape index (κ1) is 26.5. The summed E-state index contributed by atoms with van der Waals surface area (Å²) < 4.78 is 14.6. The highest BCUT2D eigenvalue weighted by Crippen LogP contribution is 2.21. The Kier molecular flexibility index (Phi) is 10.4. The van der Waals surface area contributed by atoms with Crippen LogP contribution in [0.4, 0.5) is 4.39 Å². The van der Waals surface area contributed by atoms with Crippen LogP contribution < -0.4 is 5.32 Å². The Hall–Kier alpha value is -3.12. The first-order valence-electron chi connectivity index (χ1n) is 12.0. The van der Waals surface area contributed by atoms with E-state index in [2.05, 4.69) is 5.32 Å². The van der Waals surface area contributed by atoms with Gasteiger partial charge in [0.05, 0.1) is 0 Å². The van der Waals surface area contributed by atoms with Crippen LogP contribution in [0.25, 0.3) is 0 Å². The Morgan fingerprint density at radius 2 is 1.57 bits per heavy atom. The number of halogens is 1. The minimum Gasteiger partial charge on any atom is -0.352 e. The summed E-state index contributed by atoms with van der Waals surface area (Å²) >= 11 is 1.59. The minimum atomic E-state index is -0.750. The standard InChI is InChI=1S/C29H33FN2O2S/c1-3-22(2)31-29(34)27(20-23-12-6-4-7-13-23)32(21-24-14-10-11-17-26(24)30)28(33)18-19-35-25-15-8-5-9-16-25/h4-17,22,27H,3,18-21H2,1-2H3,(H,31,34)/t22-,27-/m0/s1. The van der Waals surface area contributed by atoms with Gasteiger partial charge in [0.25, 0.3) is 0 Å². The third-order valence-electron chi connectivity index (χ3n) is 5.90. The van der Waals surface area contributed by atoms with Crippen molar-refractivity contribution in [1.29, 1.82) is 0 Å². The normalized spacial score (nSPS) is 12.5. The van der Waals surface area contributed by atoms with Crippen LogP contribution in [0.1, 0.15) is 37.8 Å². The van der Waals surface area contributed by atoms with Crippen LogP contribution in [0.3, 0.4) is 0 Å². The summed E-state index contributed by atoms with van der Waals surface area (Å²) in [4.78, 5) is 29.6. The number of thioether (sulfide) groups is 1. The van der Waals surface area contributed by atoms with Gasteiger partial charge >= 0.3 is 0 Å². The largest absolute Gasteiger partial charge is 0.352 e. The highest BCUT2D eigenvalue weighted by Gasteiger charge is 2.31. The molecular formula is C29H33FN2O2S. The topological polar surface area (TPSA) is 49.4 Å². The van der Waals surface area contributed by atoms with E-state index in [1.165, 1.54) is 6.07 Å². The minimum absolute atomic E-state index is 0.0279. The van der Waals surface area contributed by atoms with Gasteiger partial charge in [-0.1, -0.05) is 73.7 Å². The predicted molar refractivity (Wildman–Crippen MR) is 141 cm³/mol. The van der Waals surface area contributed by atoms with Crippen molar-refractivity contribution in [3.05, 3.63) is 102 Å². The molecule has 2 amide bonds. The van der Waals surface area contributed by atoms with Crippen molar-refractivity contribution in [2.75, 3.05) is 5.75 Å². The van der Waals surface area contributed by atoms with Gasteiger partial charge < -0.3 is 10.2 Å². The fourth-order valence-corrected chi connectivity index (χ4v) is 4.58. The van der Waals surface area contributed by atoms with Gasteiger partial charge in [-0.2, -0.15) is 0 Å². The molecule has 0 heterocycles. The lowest BCUT2D eigenvalue weighted by atomic mass is 10.0. The average Bonchev–Trinajstić information content (AvgIpc) is 2.88. The maximum absolute atomic E-state index is 14.6. The molecule has 1 N–H and O–H groups in total. The lowest BCUT2D eigenvalue weighted by Crippen LogP contribution is -2.52. The van der Waals surface area contributed by atoms with Crippen LogP contribution >= 0.6 is 11.8 Å². The second-order valence-electron chi connectivity index (χ2n) is 8.55. The Bertz CT molecular complexity index is 1080. The van der Waals surface area contributed by atoms with Crippen molar-refractivity contribution in [2.24, 2.45) is 0 Å². The van der Waals surface area contributed by atoms with E-state index in [9.17, 15) is 14.0 Å². The zero-order chi connectivity index (χ0) is 25.0. The maximum Gasteiger partial charge on any atom is 0.243 e. The number of hydrogen-bond donors (Lipinski definition) is 1. The molecule has 3 aromatic carbocycles. The number of amides is 2. The molecule has 2 atom stereocenters. The molecule has 6 heteroatoms. The molecule has 4 nitrogen and oxygen atoms in total. The van der Waals surface area contributed by atoms with Gasteiger partial charge in [0.2, 0.25) is 11.8 Å². The summed E-state index contributed by atoms with van der Waals surface area (Å²) in [5, 5.41) is 3.04. The molecule has 0 aliphatic rings. The van der Waals surface area contributed by atoms with E-state index in [4.69, 9.17) is 0 Å². The summed E-state index contributed by atoms with van der Waals surface area (Å²) in [7, 11) is 0. The van der Waals surface area contributed by atoms with Crippen LogP contribution in [0.15, 0.2) is 89.8 Å². The average molecular weight is 493 g/mol. The molecule has 3 aromatic rings. The number of hydrogen-bond acceptors (Lipinski definition) is 3. The summed E-state index contributed by atoms with van der Waals surface area (Å²) in [6, 6.07) is 25.2. The number of rotatable bonds is 12. The number of nitrogens with one attached hydrogen (secondary N) is 1. The van der Waals surface area contributed by atoms with Crippen molar-refractivity contribution in [1.82, 2.24) is 10.2 Å². The van der Waals surface area contributed by atoms with Gasteiger partial charge in [0.15, 0.2) is 0 Å². The first-order valence-corrected chi connectivity index (χ1v) is 13.0. The summed E-state index contributed by atoms with van der Waals surface area (Å²) in [5.41, 5.74) is 1.34. The van der Waals surface area contributed by atoms with Gasteiger partial charge in [-0.05, 0) is 37.1 Å². The van der Waals surface area contributed by atoms with E-state index in [1.54, 1.807) is 34.9 Å². The van der Waals surface area contributed by atoms with E-state index in [-0.39, 0.29) is 36.6 Å². The molecule has 35 heavy (non-hydrogen) atoms. The molecule has 0 saturated heterocycles. The van der Waals surface area contributed by atoms with Gasteiger partial charge in [-0.3, -0.25) is 9.59 Å². The third-order valence-corrected chi connectivity index (χ3v) is 6.91. The highest BCUT2D eigenvalue weighted by atomic mass is 32.2. The van der Waals surface area contributed by atoms with Crippen molar-refractivity contribution < 1.29 is 14.0 Å². The van der Waals surface area contributed by atoms with Gasteiger partial charge in [0.1, 0.15) is 11.9 Å². The molecule has 0 aliphatic carbocycles. The molecule has 0 bridgehead atoms. The SMILES string of the molecule is CC[C@H](C)NC(=O)[C@H](Cc1ccccc1)N(Cc1ccccc1F)C(=O)CCSc1ccccc1. The molecule has 3 rings (SSSR count). The lowest BCUT2D eigenvalue weighted by molar-refractivity contribution is -0.141. The first-order chi connectivity index (χ1) is 17.0. The quantitative estimate of drug-likeness (QED) is 0.322. The van der Waals surface area contributed by atoms with Gasteiger partial charge in [0, 0.05) is 41.6 Å². The summed E-state index contributed by atoms with van der Waals surface area (Å²) in [6.07, 6.45) is 1.38. The van der Waals surface area contributed by atoms with Crippen molar-refractivity contribution >= 4 is 23.6 Å². The Balaban J connectivity index is 1.87. The lowest BCUT2D eigenvalue weighted by Gasteiger charge is -2.32. The Morgan fingerprint density at radius 1 is 0.943 bits per heavy atom. The molecule has 0 aliphatic heterocycles. The Morgan fingerprint density at radius 3 is 2.23 bits per heavy atom. The van der Waals surface area contributed by atoms with Crippen LogP contribution in [0.2, 0.25) is 0 Å². The molecular weight excluding hydrogens is 459 g/mol. The summed E-state index contributed by atoms with van der Waals surface area (Å²) in [5.74, 6) is -0.202. The van der Waals surface area contributed by atoms with Crippen LogP contribution in [-0.2, 0) is 22.6 Å². The fourth-order valence-electron chi connectivity index (χ4n) is 3.72. The van der Waals surface area contributed by atoms with Gasteiger partial charge in [-0.15, -0.1) is 11.8 Å². The predicted octanol–water partition coefficient (Wildman–Crippen LogP) is 5.86. The number of carbonyl (C=O) groups excluding carboxylic acids is 2. The second-order valence-corrected chi connectivity index (χ2v) is 9.72. The van der Waals surface area contributed by atoms with E-state index < -0.39 is 6.04 Å². The highest BCUT2D eigenvalue weighted by molar-refractivity contribution is 7.99. The van der Waals surface area contributed by atoms with E-state index in [1.807, 2.05) is 74.5 Å². The van der Waals surface area contributed by atoms with Crippen LogP contribution in [-0.4, -0.2) is 34.6 Å². The van der Waals surface area contributed by atoms with Crippen LogP contribution in [0, 0.1) is 5.82 Å². The van der Waals surface area contributed by atoms with E-state index >= 15 is 0 Å². The smallest absolute Gasteiger partial charge is 0.243 e. The van der Waals surface area contributed by atoms with Gasteiger partial charge in [-0.25, -0.2) is 4.39 Å². The van der Waals surface area contributed by atoms with Crippen LogP contribution in [0.5, 0.6) is 0 Å². The summed E-state index contributed by atoms with van der Waals surface area (Å²) in [6.45, 7) is 3.98. The molecule has 184 valence electrons. The number of nitrogens with zero attached hydrogens (tertiary/aromatic N) is 1. The Labute approximate surface area is 211 Å². The maximum atomic E-state index is 14.6. The molecule has 0 aromatic heterocycles. The monoisotopic (exact) mass is 492 g/mol. The van der Waals surface area contributed by atoms with E-state index in [0.717, 1.165) is 16.9 Å². The van der Waals surface area contributed by atoms with Crippen molar-refractivity contribution in [2.45, 2.75) is 56.6 Å².